The van der Waals surface area contributed by atoms with Gasteiger partial charge in [-0.25, -0.2) is 0 Å². The predicted molar refractivity (Wildman–Crippen MR) is 72.0 cm³/mol. The molecular formula is C15H26N2O. The smallest absolute Gasteiger partial charge is 0.0672 e. The first-order valence-corrected chi connectivity index (χ1v) is 7.52. The summed E-state index contributed by atoms with van der Waals surface area (Å²) in [6, 6.07) is 3.63. The van der Waals surface area contributed by atoms with Crippen molar-refractivity contribution in [1.29, 1.82) is 5.26 Å². The molecule has 1 saturated heterocycles. The second-order valence-electron chi connectivity index (χ2n) is 6.12. The molecule has 0 radical (unpaired) electrons. The van der Waals surface area contributed by atoms with Crippen LogP contribution in [0, 0.1) is 23.2 Å². The van der Waals surface area contributed by atoms with Crippen molar-refractivity contribution in [2.75, 3.05) is 13.2 Å². The quantitative estimate of drug-likeness (QED) is 0.834. The summed E-state index contributed by atoms with van der Waals surface area (Å²) >= 11 is 0. The van der Waals surface area contributed by atoms with Crippen LogP contribution in [-0.4, -0.2) is 35.2 Å². The molecule has 1 N–H and O–H groups in total. The molecule has 0 spiro atoms. The molecule has 0 aromatic carbocycles. The summed E-state index contributed by atoms with van der Waals surface area (Å²) < 4.78 is 0. The molecule has 0 bridgehead atoms. The van der Waals surface area contributed by atoms with E-state index in [0.717, 1.165) is 31.7 Å². The number of rotatable bonds is 4. The average Bonchev–Trinajstić information content (AvgIpc) is 2.84. The number of likely N-dealkylation sites (tertiary alicyclic amines) is 1. The lowest BCUT2D eigenvalue weighted by molar-refractivity contribution is 0.0872. The van der Waals surface area contributed by atoms with E-state index in [1.165, 1.54) is 25.7 Å². The third-order valence-corrected chi connectivity index (χ3v) is 4.79. The van der Waals surface area contributed by atoms with Gasteiger partial charge in [0.1, 0.15) is 0 Å². The molecule has 1 saturated carbocycles. The molecular weight excluding hydrogens is 224 g/mol. The number of aliphatic hydroxyl groups is 1. The number of nitrogens with zero attached hydrogens (tertiary/aromatic N) is 2. The highest BCUT2D eigenvalue weighted by Gasteiger charge is 2.37. The molecule has 0 amide bonds. The highest BCUT2D eigenvalue weighted by atomic mass is 16.2. The lowest BCUT2D eigenvalue weighted by Gasteiger charge is -2.40. The van der Waals surface area contributed by atoms with Gasteiger partial charge >= 0.3 is 0 Å². The van der Waals surface area contributed by atoms with Crippen LogP contribution in [-0.2, 0) is 0 Å². The fourth-order valence-corrected chi connectivity index (χ4v) is 3.80. The standard InChI is InChI=1S/C15H26N2O/c1-12-6-7-13(11-16)15(10-12)17-8-2-4-14(17)5-3-9-18/h12-15,18H,2-10H2,1H3. The first-order valence-electron chi connectivity index (χ1n) is 7.52. The monoisotopic (exact) mass is 250 g/mol. The summed E-state index contributed by atoms with van der Waals surface area (Å²) in [6.45, 7) is 3.78. The number of nitriles is 1. The Balaban J connectivity index is 2.00. The van der Waals surface area contributed by atoms with Gasteiger partial charge < -0.3 is 5.11 Å². The normalized spacial score (nSPS) is 37.6. The Morgan fingerprint density at radius 3 is 2.89 bits per heavy atom. The van der Waals surface area contributed by atoms with Gasteiger partial charge in [-0.3, -0.25) is 4.90 Å². The molecule has 1 aliphatic heterocycles. The third-order valence-electron chi connectivity index (χ3n) is 4.79. The van der Waals surface area contributed by atoms with E-state index in [4.69, 9.17) is 5.11 Å². The van der Waals surface area contributed by atoms with E-state index in [2.05, 4.69) is 17.9 Å². The second-order valence-corrected chi connectivity index (χ2v) is 6.12. The zero-order chi connectivity index (χ0) is 13.0. The Labute approximate surface area is 111 Å². The molecule has 2 aliphatic rings. The molecule has 4 atom stereocenters. The molecule has 2 fully saturated rings. The third kappa shape index (κ3) is 3.05. The Hall–Kier alpha value is -0.590. The van der Waals surface area contributed by atoms with Crippen LogP contribution in [0.4, 0.5) is 0 Å². The van der Waals surface area contributed by atoms with E-state index in [9.17, 15) is 5.26 Å². The molecule has 18 heavy (non-hydrogen) atoms. The summed E-state index contributed by atoms with van der Waals surface area (Å²) in [4.78, 5) is 2.60. The van der Waals surface area contributed by atoms with Crippen molar-refractivity contribution in [3.63, 3.8) is 0 Å². The molecule has 102 valence electrons. The van der Waals surface area contributed by atoms with Gasteiger partial charge in [0.2, 0.25) is 0 Å². The molecule has 2 rings (SSSR count). The van der Waals surface area contributed by atoms with Gasteiger partial charge in [-0.1, -0.05) is 6.92 Å². The number of hydrogen-bond donors (Lipinski definition) is 1. The average molecular weight is 250 g/mol. The van der Waals surface area contributed by atoms with Crippen LogP contribution < -0.4 is 0 Å². The molecule has 0 aromatic rings. The molecule has 1 heterocycles. The minimum Gasteiger partial charge on any atom is -0.396 e. The highest BCUT2D eigenvalue weighted by Crippen LogP contribution is 2.36. The lowest BCUT2D eigenvalue weighted by Crippen LogP contribution is -2.46. The fraction of sp³-hybridized carbons (Fsp3) is 0.933. The van der Waals surface area contributed by atoms with Crippen molar-refractivity contribution < 1.29 is 5.11 Å². The first-order chi connectivity index (χ1) is 8.76. The Morgan fingerprint density at radius 1 is 1.33 bits per heavy atom. The Morgan fingerprint density at radius 2 is 2.17 bits per heavy atom. The number of aliphatic hydroxyl groups excluding tert-OH is 1. The maximum Gasteiger partial charge on any atom is 0.0672 e. The minimum atomic E-state index is 0.232. The molecule has 3 heteroatoms. The van der Waals surface area contributed by atoms with Gasteiger partial charge in [-0.2, -0.15) is 5.26 Å². The van der Waals surface area contributed by atoms with E-state index in [1.807, 2.05) is 0 Å². The predicted octanol–water partition coefficient (Wildman–Crippen LogP) is 2.55. The summed E-state index contributed by atoms with van der Waals surface area (Å²) in [5.41, 5.74) is 0. The summed E-state index contributed by atoms with van der Waals surface area (Å²) in [5.74, 6) is 0.995. The number of hydrogen-bond acceptors (Lipinski definition) is 3. The van der Waals surface area contributed by atoms with Crippen LogP contribution in [0.3, 0.4) is 0 Å². The first kappa shape index (κ1) is 13.8. The summed E-state index contributed by atoms with van der Waals surface area (Å²) in [6.07, 6.45) is 7.99. The maximum atomic E-state index is 9.35. The highest BCUT2D eigenvalue weighted by molar-refractivity contribution is 4.99. The topological polar surface area (TPSA) is 47.3 Å². The molecule has 1 aliphatic carbocycles. The van der Waals surface area contributed by atoms with Gasteiger partial charge in [0, 0.05) is 18.7 Å². The van der Waals surface area contributed by atoms with Crippen molar-refractivity contribution in [3.05, 3.63) is 0 Å². The zero-order valence-electron chi connectivity index (χ0n) is 11.5. The van der Waals surface area contributed by atoms with Crippen LogP contribution in [0.1, 0.15) is 51.9 Å². The molecule has 3 nitrogen and oxygen atoms in total. The Bertz CT molecular complexity index is 299. The molecule has 0 aromatic heterocycles. The largest absolute Gasteiger partial charge is 0.396 e. The van der Waals surface area contributed by atoms with E-state index < -0.39 is 0 Å². The van der Waals surface area contributed by atoms with Crippen LogP contribution in [0.5, 0.6) is 0 Å². The van der Waals surface area contributed by atoms with E-state index >= 15 is 0 Å². The van der Waals surface area contributed by atoms with Crippen LogP contribution >= 0.6 is 0 Å². The second kappa shape index (κ2) is 6.54. The maximum absolute atomic E-state index is 9.35. The minimum absolute atomic E-state index is 0.232. The van der Waals surface area contributed by atoms with Gasteiger partial charge in [0.05, 0.1) is 12.0 Å². The van der Waals surface area contributed by atoms with E-state index in [1.54, 1.807) is 0 Å². The lowest BCUT2D eigenvalue weighted by atomic mass is 9.78. The van der Waals surface area contributed by atoms with Gasteiger partial charge in [0.15, 0.2) is 0 Å². The van der Waals surface area contributed by atoms with E-state index in [0.29, 0.717) is 18.7 Å². The Kier molecular flexibility index (Phi) is 5.03. The van der Waals surface area contributed by atoms with E-state index in [-0.39, 0.29) is 5.92 Å². The van der Waals surface area contributed by atoms with Gasteiger partial charge in [-0.05, 0) is 57.4 Å². The van der Waals surface area contributed by atoms with Crippen LogP contribution in [0.25, 0.3) is 0 Å². The van der Waals surface area contributed by atoms with Crippen molar-refractivity contribution in [1.82, 2.24) is 4.90 Å². The van der Waals surface area contributed by atoms with Crippen LogP contribution in [0.15, 0.2) is 0 Å². The molecule has 4 unspecified atom stereocenters. The van der Waals surface area contributed by atoms with Gasteiger partial charge in [0.25, 0.3) is 0 Å². The zero-order valence-corrected chi connectivity index (χ0v) is 11.5. The van der Waals surface area contributed by atoms with Crippen LogP contribution in [0.2, 0.25) is 0 Å². The summed E-state index contributed by atoms with van der Waals surface area (Å²) in [5, 5.41) is 18.3. The van der Waals surface area contributed by atoms with Crippen molar-refractivity contribution in [2.45, 2.75) is 64.0 Å². The van der Waals surface area contributed by atoms with Crippen molar-refractivity contribution in [3.8, 4) is 6.07 Å². The SMILES string of the molecule is CC1CCC(C#N)C(N2CCCC2CCCO)C1. The summed E-state index contributed by atoms with van der Waals surface area (Å²) in [7, 11) is 0. The van der Waals surface area contributed by atoms with Gasteiger partial charge in [-0.15, -0.1) is 0 Å². The fourth-order valence-electron chi connectivity index (χ4n) is 3.80. The van der Waals surface area contributed by atoms with Crippen molar-refractivity contribution >= 4 is 0 Å². The van der Waals surface area contributed by atoms with Crippen molar-refractivity contribution in [2.24, 2.45) is 11.8 Å².